The molecule has 11 heteroatoms. The Morgan fingerprint density at radius 2 is 1.63 bits per heavy atom. The van der Waals surface area contributed by atoms with E-state index in [2.05, 4.69) is 4.72 Å². The van der Waals surface area contributed by atoms with E-state index in [-0.39, 0.29) is 35.8 Å². The maximum absolute atomic E-state index is 13.5. The molecule has 0 unspecified atom stereocenters. The lowest BCUT2D eigenvalue weighted by Crippen LogP contribution is -2.39. The van der Waals surface area contributed by atoms with E-state index in [4.69, 9.17) is 23.2 Å². The van der Waals surface area contributed by atoms with Gasteiger partial charge in [0.05, 0.1) is 22.9 Å². The Morgan fingerprint density at radius 3 is 2.20 bits per heavy atom. The Balaban J connectivity index is 2.50. The van der Waals surface area contributed by atoms with Gasteiger partial charge in [0.15, 0.2) is 0 Å². The van der Waals surface area contributed by atoms with E-state index in [1.807, 2.05) is 0 Å². The highest BCUT2D eigenvalue weighted by atomic mass is 35.5. The highest BCUT2D eigenvalue weighted by Crippen LogP contribution is 2.33. The summed E-state index contributed by atoms with van der Waals surface area (Å²) in [6.07, 6.45) is 0.511. The van der Waals surface area contributed by atoms with Gasteiger partial charge in [0.1, 0.15) is 0 Å². The van der Waals surface area contributed by atoms with Crippen LogP contribution in [0.25, 0.3) is 0 Å². The minimum atomic E-state index is -4.05. The Bertz CT molecular complexity index is 1070. The lowest BCUT2D eigenvalue weighted by Gasteiger charge is -2.32. The molecular formula is C19H24Cl2N2O5S2. The summed E-state index contributed by atoms with van der Waals surface area (Å²) in [6.45, 7) is 1.29. The zero-order valence-corrected chi connectivity index (χ0v) is 19.7. The van der Waals surface area contributed by atoms with Crippen LogP contribution >= 0.6 is 23.2 Å². The van der Waals surface area contributed by atoms with E-state index in [1.165, 1.54) is 41.7 Å². The van der Waals surface area contributed by atoms with Crippen molar-refractivity contribution in [2.75, 3.05) is 17.1 Å². The summed E-state index contributed by atoms with van der Waals surface area (Å²) in [4.78, 5) is 0.0189. The molecule has 0 aliphatic rings. The zero-order chi connectivity index (χ0) is 22.5. The third-order valence-electron chi connectivity index (χ3n) is 4.57. The van der Waals surface area contributed by atoms with E-state index in [1.54, 1.807) is 19.1 Å². The zero-order valence-electron chi connectivity index (χ0n) is 16.5. The normalized spacial score (nSPS) is 13.2. The van der Waals surface area contributed by atoms with E-state index in [0.29, 0.717) is 15.6 Å². The van der Waals surface area contributed by atoms with Crippen molar-refractivity contribution in [3.8, 4) is 0 Å². The molecule has 30 heavy (non-hydrogen) atoms. The molecule has 2 aromatic rings. The van der Waals surface area contributed by atoms with Gasteiger partial charge in [-0.15, -0.1) is 0 Å². The first kappa shape index (κ1) is 24.9. The highest BCUT2D eigenvalue weighted by Gasteiger charge is 2.31. The van der Waals surface area contributed by atoms with Crippen LogP contribution in [0.15, 0.2) is 47.4 Å². The average molecular weight is 495 g/mol. The van der Waals surface area contributed by atoms with Gasteiger partial charge in [-0.1, -0.05) is 29.3 Å². The van der Waals surface area contributed by atoms with Crippen molar-refractivity contribution >= 4 is 48.9 Å². The average Bonchev–Trinajstić information content (AvgIpc) is 2.68. The fourth-order valence-corrected chi connectivity index (χ4v) is 5.75. The number of nitrogens with one attached hydrogen (secondary N) is 1. The van der Waals surface area contributed by atoms with Crippen LogP contribution in [0.1, 0.15) is 25.3 Å². The van der Waals surface area contributed by atoms with Crippen LogP contribution in [0.3, 0.4) is 0 Å². The molecule has 0 saturated heterocycles. The topological polar surface area (TPSA) is 104 Å². The standard InChI is InChI=1S/C19H24Cl2N2O5S2/c1-14(4-3-11-29(25,26)22-2)23(19-12-17(21)6-5-15(19)13-24)30(27,28)18-9-7-16(20)8-10-18/h5-10,12,14,22,24H,3-4,11,13H2,1-2H3/t14-/m1/s1. The predicted molar refractivity (Wildman–Crippen MR) is 120 cm³/mol. The molecule has 7 nitrogen and oxygen atoms in total. The molecule has 166 valence electrons. The van der Waals surface area contributed by atoms with E-state index < -0.39 is 26.1 Å². The van der Waals surface area contributed by atoms with Gasteiger partial charge in [0, 0.05) is 21.7 Å². The molecular weight excluding hydrogens is 471 g/mol. The van der Waals surface area contributed by atoms with Crippen molar-refractivity contribution < 1.29 is 21.9 Å². The van der Waals surface area contributed by atoms with Gasteiger partial charge in [0.25, 0.3) is 10.0 Å². The van der Waals surface area contributed by atoms with Crippen molar-refractivity contribution in [1.29, 1.82) is 0 Å². The van der Waals surface area contributed by atoms with E-state index in [9.17, 15) is 21.9 Å². The number of sulfonamides is 2. The first-order valence-corrected chi connectivity index (χ1v) is 13.0. The number of anilines is 1. The third kappa shape index (κ3) is 6.09. The van der Waals surface area contributed by atoms with Crippen LogP contribution < -0.4 is 9.03 Å². The van der Waals surface area contributed by atoms with Crippen LogP contribution in [-0.2, 0) is 26.7 Å². The Kier molecular flexibility index (Phi) is 8.55. The molecule has 0 bridgehead atoms. The summed E-state index contributed by atoms with van der Waals surface area (Å²) in [5.74, 6) is -0.134. The van der Waals surface area contributed by atoms with Crippen molar-refractivity contribution in [2.45, 2.75) is 37.3 Å². The molecule has 2 rings (SSSR count). The van der Waals surface area contributed by atoms with Crippen LogP contribution in [0.2, 0.25) is 10.0 Å². The number of aliphatic hydroxyl groups excluding tert-OH is 1. The molecule has 0 spiro atoms. The van der Waals surface area contributed by atoms with Crippen LogP contribution in [-0.4, -0.2) is 40.8 Å². The van der Waals surface area contributed by atoms with Gasteiger partial charge in [-0.05, 0) is 63.2 Å². The summed E-state index contributed by atoms with van der Waals surface area (Å²) >= 11 is 12.0. The number of hydrogen-bond acceptors (Lipinski definition) is 5. The van der Waals surface area contributed by atoms with E-state index >= 15 is 0 Å². The maximum Gasteiger partial charge on any atom is 0.264 e. The molecule has 0 aromatic heterocycles. The molecule has 1 atom stereocenters. The summed E-state index contributed by atoms with van der Waals surface area (Å²) in [6, 6.07) is 9.72. The highest BCUT2D eigenvalue weighted by molar-refractivity contribution is 7.92. The first-order valence-electron chi connectivity index (χ1n) is 9.12. The number of nitrogens with zero attached hydrogens (tertiary/aromatic N) is 1. The van der Waals surface area contributed by atoms with Gasteiger partial charge in [-0.2, -0.15) is 0 Å². The quantitative estimate of drug-likeness (QED) is 0.526. The fourth-order valence-electron chi connectivity index (χ4n) is 2.99. The minimum absolute atomic E-state index is 0.0189. The molecule has 0 fully saturated rings. The van der Waals surface area contributed by atoms with Gasteiger partial charge < -0.3 is 5.11 Å². The summed E-state index contributed by atoms with van der Waals surface area (Å²) < 4.78 is 53.9. The van der Waals surface area contributed by atoms with Crippen LogP contribution in [0.4, 0.5) is 5.69 Å². The van der Waals surface area contributed by atoms with Crippen molar-refractivity contribution in [3.05, 3.63) is 58.1 Å². The summed E-state index contributed by atoms with van der Waals surface area (Å²) in [5.41, 5.74) is 0.621. The molecule has 2 N–H and O–H groups in total. The molecule has 0 heterocycles. The number of benzene rings is 2. The number of rotatable bonds is 10. The number of aliphatic hydroxyl groups is 1. The van der Waals surface area contributed by atoms with Gasteiger partial charge in [-0.25, -0.2) is 21.6 Å². The second kappa shape index (κ2) is 10.3. The molecule has 2 aromatic carbocycles. The fraction of sp³-hybridized carbons (Fsp3) is 0.368. The Morgan fingerprint density at radius 1 is 1.03 bits per heavy atom. The lowest BCUT2D eigenvalue weighted by atomic mass is 10.1. The second-order valence-electron chi connectivity index (χ2n) is 6.70. The predicted octanol–water partition coefficient (Wildman–Crippen LogP) is 3.40. The Hall–Kier alpha value is -1.36. The SMILES string of the molecule is CNS(=O)(=O)CCC[C@@H](C)N(c1cc(Cl)ccc1CO)S(=O)(=O)c1ccc(Cl)cc1. The monoisotopic (exact) mass is 494 g/mol. The number of hydrogen-bond donors (Lipinski definition) is 2. The second-order valence-corrected chi connectivity index (χ2v) is 11.4. The van der Waals surface area contributed by atoms with E-state index in [0.717, 1.165) is 0 Å². The Labute approximate surface area is 187 Å². The lowest BCUT2D eigenvalue weighted by molar-refractivity contribution is 0.282. The van der Waals surface area contributed by atoms with Crippen LogP contribution in [0.5, 0.6) is 0 Å². The maximum atomic E-state index is 13.5. The van der Waals surface area contributed by atoms with Crippen molar-refractivity contribution in [2.24, 2.45) is 0 Å². The molecule has 0 aliphatic carbocycles. The van der Waals surface area contributed by atoms with Gasteiger partial charge >= 0.3 is 0 Å². The summed E-state index contributed by atoms with van der Waals surface area (Å²) in [7, 11) is -6.13. The molecule has 0 saturated carbocycles. The minimum Gasteiger partial charge on any atom is -0.392 e. The third-order valence-corrected chi connectivity index (χ3v) is 8.45. The van der Waals surface area contributed by atoms with Gasteiger partial charge in [-0.3, -0.25) is 4.31 Å². The largest absolute Gasteiger partial charge is 0.392 e. The molecule has 0 radical (unpaired) electrons. The number of halogens is 2. The van der Waals surface area contributed by atoms with Gasteiger partial charge in [0.2, 0.25) is 10.0 Å². The van der Waals surface area contributed by atoms with Crippen molar-refractivity contribution in [1.82, 2.24) is 4.72 Å². The van der Waals surface area contributed by atoms with Crippen LogP contribution in [0, 0.1) is 0 Å². The van der Waals surface area contributed by atoms with Crippen molar-refractivity contribution in [3.63, 3.8) is 0 Å². The molecule has 0 amide bonds. The first-order chi connectivity index (χ1) is 14.0. The molecule has 0 aliphatic heterocycles. The summed E-state index contributed by atoms with van der Waals surface area (Å²) in [5, 5.41) is 10.5. The smallest absolute Gasteiger partial charge is 0.264 e.